The first-order valence-electron chi connectivity index (χ1n) is 6.81. The molecule has 0 aromatic carbocycles. The van der Waals surface area contributed by atoms with Crippen LogP contribution in [0.15, 0.2) is 18.5 Å². The lowest BCUT2D eigenvalue weighted by molar-refractivity contribution is 0.288. The maximum absolute atomic E-state index is 9.37. The van der Waals surface area contributed by atoms with Crippen LogP contribution < -0.4 is 5.32 Å². The van der Waals surface area contributed by atoms with Gasteiger partial charge in [-0.2, -0.15) is 16.9 Å². The van der Waals surface area contributed by atoms with Crippen LogP contribution in [-0.2, 0) is 0 Å². The van der Waals surface area contributed by atoms with Crippen molar-refractivity contribution >= 4 is 23.1 Å². The largest absolute Gasteiger partial charge is 0.395 e. The smallest absolute Gasteiger partial charge is 0.152 e. The number of aliphatic hydroxyl groups excluding tert-OH is 1. The van der Waals surface area contributed by atoms with Gasteiger partial charge in [0, 0.05) is 23.7 Å². The molecule has 2 atom stereocenters. The normalized spacial score (nSPS) is 14.7. The van der Waals surface area contributed by atoms with E-state index in [1.165, 1.54) is 0 Å². The Hall–Kier alpha value is -1.27. The molecule has 0 fully saturated rings. The molecule has 2 unspecified atom stereocenters. The molecule has 0 amide bonds. The number of hydrogen-bond acceptors (Lipinski definition) is 5. The number of thioether (sulfide) groups is 1. The Kier molecular flexibility index (Phi) is 4.88. The highest BCUT2D eigenvalue weighted by Gasteiger charge is 2.17. The minimum absolute atomic E-state index is 0.131. The zero-order chi connectivity index (χ0) is 14.7. The maximum atomic E-state index is 9.37. The highest BCUT2D eigenvalue weighted by Crippen LogP contribution is 2.22. The lowest BCUT2D eigenvalue weighted by Gasteiger charge is -2.22. The third-order valence-electron chi connectivity index (χ3n) is 3.41. The summed E-state index contributed by atoms with van der Waals surface area (Å²) in [7, 11) is 0. The highest BCUT2D eigenvalue weighted by molar-refractivity contribution is 7.99. The molecule has 110 valence electrons. The SMILES string of the molecule is CSC(CO)C(C)Nc1nccn2nc(C(C)C)cc12. The van der Waals surface area contributed by atoms with Gasteiger partial charge in [0.2, 0.25) is 0 Å². The van der Waals surface area contributed by atoms with Crippen LogP contribution in [0.4, 0.5) is 5.82 Å². The predicted octanol–water partition coefficient (Wildman–Crippen LogP) is 2.38. The van der Waals surface area contributed by atoms with Gasteiger partial charge in [-0.15, -0.1) is 0 Å². The summed E-state index contributed by atoms with van der Waals surface area (Å²) in [6.45, 7) is 6.46. The van der Waals surface area contributed by atoms with E-state index in [9.17, 15) is 5.11 Å². The Morgan fingerprint density at radius 2 is 2.15 bits per heavy atom. The Labute approximate surface area is 123 Å². The van der Waals surface area contributed by atoms with E-state index in [2.05, 4.69) is 42.2 Å². The average molecular weight is 294 g/mol. The zero-order valence-corrected chi connectivity index (χ0v) is 13.2. The summed E-state index contributed by atoms with van der Waals surface area (Å²) in [6.07, 6.45) is 5.60. The molecule has 0 radical (unpaired) electrons. The summed E-state index contributed by atoms with van der Waals surface area (Å²) >= 11 is 1.65. The maximum Gasteiger partial charge on any atom is 0.152 e. The van der Waals surface area contributed by atoms with Gasteiger partial charge in [0.05, 0.1) is 12.3 Å². The molecule has 0 aliphatic rings. The van der Waals surface area contributed by atoms with Crippen LogP contribution >= 0.6 is 11.8 Å². The first-order valence-corrected chi connectivity index (χ1v) is 8.10. The number of rotatable bonds is 6. The van der Waals surface area contributed by atoms with Gasteiger partial charge < -0.3 is 10.4 Å². The fourth-order valence-electron chi connectivity index (χ4n) is 2.08. The minimum Gasteiger partial charge on any atom is -0.395 e. The third kappa shape index (κ3) is 3.07. The van der Waals surface area contributed by atoms with Crippen molar-refractivity contribution in [3.63, 3.8) is 0 Å². The van der Waals surface area contributed by atoms with Crippen LogP contribution in [0.1, 0.15) is 32.4 Å². The van der Waals surface area contributed by atoms with Crippen molar-refractivity contribution in [3.05, 3.63) is 24.2 Å². The number of nitrogens with one attached hydrogen (secondary N) is 1. The van der Waals surface area contributed by atoms with Gasteiger partial charge in [-0.3, -0.25) is 0 Å². The number of aromatic nitrogens is 3. The second kappa shape index (κ2) is 6.45. The third-order valence-corrected chi connectivity index (χ3v) is 4.57. The topological polar surface area (TPSA) is 62.5 Å². The average Bonchev–Trinajstić information content (AvgIpc) is 2.85. The molecule has 2 aromatic heterocycles. The Bertz CT molecular complexity index is 565. The van der Waals surface area contributed by atoms with Crippen LogP contribution in [-0.4, -0.2) is 43.9 Å². The second-order valence-electron chi connectivity index (χ2n) is 5.22. The second-order valence-corrected chi connectivity index (χ2v) is 6.30. The zero-order valence-electron chi connectivity index (χ0n) is 12.4. The molecule has 2 heterocycles. The summed E-state index contributed by atoms with van der Waals surface area (Å²) in [5.74, 6) is 1.20. The minimum atomic E-state index is 0.131. The molecule has 0 saturated carbocycles. The fraction of sp³-hybridized carbons (Fsp3) is 0.571. The lowest BCUT2D eigenvalue weighted by Crippen LogP contribution is -2.31. The van der Waals surface area contributed by atoms with Gasteiger partial charge in [-0.25, -0.2) is 9.50 Å². The van der Waals surface area contributed by atoms with E-state index in [1.807, 2.05) is 17.0 Å². The van der Waals surface area contributed by atoms with Crippen molar-refractivity contribution in [2.45, 2.75) is 38.0 Å². The summed E-state index contributed by atoms with van der Waals surface area (Å²) in [6, 6.07) is 2.20. The van der Waals surface area contributed by atoms with Crippen molar-refractivity contribution < 1.29 is 5.11 Å². The van der Waals surface area contributed by atoms with E-state index in [0.717, 1.165) is 17.0 Å². The Morgan fingerprint density at radius 1 is 1.40 bits per heavy atom. The van der Waals surface area contributed by atoms with Gasteiger partial charge in [0.1, 0.15) is 5.52 Å². The van der Waals surface area contributed by atoms with Gasteiger partial charge >= 0.3 is 0 Å². The summed E-state index contributed by atoms with van der Waals surface area (Å²) in [5.41, 5.74) is 2.03. The molecule has 0 bridgehead atoms. The van der Waals surface area contributed by atoms with Crippen molar-refractivity contribution in [2.75, 3.05) is 18.2 Å². The molecule has 5 nitrogen and oxygen atoms in total. The highest BCUT2D eigenvalue weighted by atomic mass is 32.2. The number of aliphatic hydroxyl groups is 1. The van der Waals surface area contributed by atoms with Crippen LogP contribution in [0.5, 0.6) is 0 Å². The van der Waals surface area contributed by atoms with Crippen LogP contribution in [0.2, 0.25) is 0 Å². The van der Waals surface area contributed by atoms with E-state index in [4.69, 9.17) is 0 Å². The summed E-state index contributed by atoms with van der Waals surface area (Å²) in [4.78, 5) is 4.41. The van der Waals surface area contributed by atoms with Crippen molar-refractivity contribution in [1.29, 1.82) is 0 Å². The molecule has 0 aliphatic heterocycles. The van der Waals surface area contributed by atoms with E-state index in [0.29, 0.717) is 5.92 Å². The Balaban J connectivity index is 2.30. The molecular formula is C14H22N4OS. The molecule has 0 spiro atoms. The predicted molar refractivity (Wildman–Crippen MR) is 84.5 cm³/mol. The van der Waals surface area contributed by atoms with Gasteiger partial charge in [0.15, 0.2) is 5.82 Å². The summed E-state index contributed by atoms with van der Waals surface area (Å²) in [5, 5.41) is 17.4. The van der Waals surface area contributed by atoms with E-state index < -0.39 is 0 Å². The number of fused-ring (bicyclic) bond motifs is 1. The molecule has 6 heteroatoms. The van der Waals surface area contributed by atoms with E-state index in [1.54, 1.807) is 18.0 Å². The lowest BCUT2D eigenvalue weighted by atomic mass is 10.1. The first-order chi connectivity index (χ1) is 9.56. The molecule has 0 saturated heterocycles. The molecule has 2 N–H and O–H groups in total. The van der Waals surface area contributed by atoms with E-state index >= 15 is 0 Å². The quantitative estimate of drug-likeness (QED) is 0.856. The Morgan fingerprint density at radius 3 is 2.75 bits per heavy atom. The summed E-state index contributed by atoms with van der Waals surface area (Å²) < 4.78 is 1.85. The van der Waals surface area contributed by atoms with Gasteiger partial charge in [0.25, 0.3) is 0 Å². The molecule has 0 aliphatic carbocycles. The standard InChI is InChI=1S/C14H22N4OS/c1-9(2)11-7-12-14(15-5-6-18(12)17-11)16-10(3)13(8-19)20-4/h5-7,9-10,13,19H,8H2,1-4H3,(H,15,16). The van der Waals surface area contributed by atoms with Gasteiger partial charge in [-0.1, -0.05) is 13.8 Å². The van der Waals surface area contributed by atoms with Gasteiger partial charge in [-0.05, 0) is 25.2 Å². The fourth-order valence-corrected chi connectivity index (χ4v) is 2.71. The van der Waals surface area contributed by atoms with Crippen molar-refractivity contribution in [2.24, 2.45) is 0 Å². The molecule has 20 heavy (non-hydrogen) atoms. The van der Waals surface area contributed by atoms with E-state index in [-0.39, 0.29) is 17.9 Å². The monoisotopic (exact) mass is 294 g/mol. The van der Waals surface area contributed by atoms with Crippen LogP contribution in [0.3, 0.4) is 0 Å². The molecule has 2 rings (SSSR count). The van der Waals surface area contributed by atoms with Crippen molar-refractivity contribution in [1.82, 2.24) is 14.6 Å². The first kappa shape index (κ1) is 15.1. The van der Waals surface area contributed by atoms with Crippen molar-refractivity contribution in [3.8, 4) is 0 Å². The number of anilines is 1. The van der Waals surface area contributed by atoms with Crippen LogP contribution in [0, 0.1) is 0 Å². The number of hydrogen-bond donors (Lipinski definition) is 2. The molecule has 2 aromatic rings. The molecular weight excluding hydrogens is 272 g/mol. The van der Waals surface area contributed by atoms with Crippen LogP contribution in [0.25, 0.3) is 5.52 Å². The number of nitrogens with zero attached hydrogens (tertiary/aromatic N) is 3.